The molecule has 0 aromatic rings. The maximum atomic E-state index is 12.9. The number of allylic oxidation sites excluding steroid dienone is 14. The molecule has 6 heteroatoms. The van der Waals surface area contributed by atoms with E-state index in [0.29, 0.717) is 19.3 Å². The molecule has 0 aliphatic heterocycles. The van der Waals surface area contributed by atoms with Gasteiger partial charge in [-0.3, -0.25) is 14.4 Å². The Balaban J connectivity index is 4.48. The van der Waals surface area contributed by atoms with Crippen LogP contribution >= 0.6 is 0 Å². The molecule has 0 radical (unpaired) electrons. The van der Waals surface area contributed by atoms with Gasteiger partial charge in [-0.05, 0) is 116 Å². The summed E-state index contributed by atoms with van der Waals surface area (Å²) in [6, 6.07) is 0. The van der Waals surface area contributed by atoms with E-state index in [1.165, 1.54) is 148 Å². The lowest BCUT2D eigenvalue weighted by Crippen LogP contribution is -2.30. The second kappa shape index (κ2) is 57.2. The zero-order valence-electron chi connectivity index (χ0n) is 45.3. The van der Waals surface area contributed by atoms with Crippen LogP contribution in [0.4, 0.5) is 0 Å². The second-order valence-electron chi connectivity index (χ2n) is 19.2. The van der Waals surface area contributed by atoms with Crippen molar-refractivity contribution < 1.29 is 28.6 Å². The summed E-state index contributed by atoms with van der Waals surface area (Å²) < 4.78 is 16.8. The van der Waals surface area contributed by atoms with E-state index in [-0.39, 0.29) is 37.5 Å². The fourth-order valence-corrected chi connectivity index (χ4v) is 7.93. The van der Waals surface area contributed by atoms with Gasteiger partial charge in [0.05, 0.1) is 0 Å². The van der Waals surface area contributed by atoms with Gasteiger partial charge in [-0.1, -0.05) is 228 Å². The van der Waals surface area contributed by atoms with Crippen LogP contribution in [0.25, 0.3) is 0 Å². The van der Waals surface area contributed by atoms with Gasteiger partial charge in [-0.25, -0.2) is 0 Å². The van der Waals surface area contributed by atoms with E-state index in [4.69, 9.17) is 14.2 Å². The summed E-state index contributed by atoms with van der Waals surface area (Å²) in [6.07, 6.45) is 74.3. The molecule has 0 aliphatic carbocycles. The molecule has 0 unspecified atom stereocenters. The van der Waals surface area contributed by atoms with Crippen LogP contribution in [0.2, 0.25) is 0 Å². The maximum absolute atomic E-state index is 12.9. The Bertz CT molecular complexity index is 1330. The summed E-state index contributed by atoms with van der Waals surface area (Å²) in [7, 11) is 0. The lowest BCUT2D eigenvalue weighted by molar-refractivity contribution is -0.167. The van der Waals surface area contributed by atoms with E-state index < -0.39 is 6.10 Å². The number of esters is 3. The number of carbonyl (C=O) groups excluding carboxylic acids is 3. The Kier molecular flexibility index (Phi) is 54.3. The summed E-state index contributed by atoms with van der Waals surface area (Å²) in [5, 5.41) is 0. The van der Waals surface area contributed by atoms with Gasteiger partial charge in [0.1, 0.15) is 13.2 Å². The van der Waals surface area contributed by atoms with Gasteiger partial charge in [-0.2, -0.15) is 0 Å². The molecule has 1 atom stereocenters. The first-order valence-corrected chi connectivity index (χ1v) is 29.1. The molecule has 0 N–H and O–H groups in total. The highest BCUT2D eigenvalue weighted by Crippen LogP contribution is 2.14. The molecule has 69 heavy (non-hydrogen) atoms. The van der Waals surface area contributed by atoms with Gasteiger partial charge in [0, 0.05) is 19.3 Å². The first kappa shape index (κ1) is 65.6. The molecule has 6 nitrogen and oxygen atoms in total. The topological polar surface area (TPSA) is 78.9 Å². The van der Waals surface area contributed by atoms with Crippen molar-refractivity contribution in [2.24, 2.45) is 0 Å². The van der Waals surface area contributed by atoms with Gasteiger partial charge in [0.25, 0.3) is 0 Å². The molecule has 0 heterocycles. The van der Waals surface area contributed by atoms with E-state index in [0.717, 1.165) is 83.5 Å². The van der Waals surface area contributed by atoms with Crippen LogP contribution in [0.3, 0.4) is 0 Å². The van der Waals surface area contributed by atoms with Crippen molar-refractivity contribution in [1.82, 2.24) is 0 Å². The zero-order valence-corrected chi connectivity index (χ0v) is 45.3. The molecule has 0 saturated carbocycles. The standard InChI is InChI=1S/C63H108O6/c1-4-7-10-13-16-19-22-25-28-31-34-37-40-43-46-49-52-55-61(64)67-58-60(69-63(66)57-54-51-48-45-42-39-36-33-30-27-24-21-18-15-12-9-6-3)59-68-62(65)56-53-50-47-44-41-38-35-32-29-26-23-20-17-14-11-8-5-2/h16,18-19,21,25-30,35,38,44,47,60H,4-15,17,20,22-24,31-34,36-37,39-43,45-46,48-59H2,1-3H3/b19-16-,21-18-,28-25-,29-26-,30-27-,38-35-,47-44-/t60-/m1/s1. The Labute approximate surface area is 426 Å². The predicted molar refractivity (Wildman–Crippen MR) is 297 cm³/mol. The van der Waals surface area contributed by atoms with Crippen molar-refractivity contribution in [1.29, 1.82) is 0 Å². The number of unbranched alkanes of at least 4 members (excludes halogenated alkanes) is 27. The average Bonchev–Trinajstić information content (AvgIpc) is 3.35. The highest BCUT2D eigenvalue weighted by atomic mass is 16.6. The number of rotatable bonds is 52. The molecule has 0 aliphatic rings. The average molecular weight is 962 g/mol. The lowest BCUT2D eigenvalue weighted by Gasteiger charge is -2.18. The molecular weight excluding hydrogens is 853 g/mol. The van der Waals surface area contributed by atoms with Crippen molar-refractivity contribution in [3.63, 3.8) is 0 Å². The van der Waals surface area contributed by atoms with Crippen molar-refractivity contribution in [2.75, 3.05) is 13.2 Å². The van der Waals surface area contributed by atoms with Crippen LogP contribution in [-0.2, 0) is 28.6 Å². The third-order valence-corrected chi connectivity index (χ3v) is 12.3. The third-order valence-electron chi connectivity index (χ3n) is 12.3. The third kappa shape index (κ3) is 55.4. The second-order valence-corrected chi connectivity index (χ2v) is 19.2. The highest BCUT2D eigenvalue weighted by molar-refractivity contribution is 5.71. The van der Waals surface area contributed by atoms with Crippen molar-refractivity contribution in [2.45, 2.75) is 284 Å². The summed E-state index contributed by atoms with van der Waals surface area (Å²) in [4.78, 5) is 38.2. The SMILES string of the molecule is CCCCC/C=C\C/C=C\CCCCCCCCCC(=O)OC[C@H](COC(=O)CCC/C=C\C/C=C\C/C=C\CCCCCCCC)OC(=O)CCCCCCCCC/C=C\C/C=C\CCCCC. The highest BCUT2D eigenvalue weighted by Gasteiger charge is 2.19. The van der Waals surface area contributed by atoms with Gasteiger partial charge in [-0.15, -0.1) is 0 Å². The molecule has 0 spiro atoms. The quantitative estimate of drug-likeness (QED) is 0.0262. The van der Waals surface area contributed by atoms with Crippen LogP contribution in [0.15, 0.2) is 85.1 Å². The van der Waals surface area contributed by atoms with Crippen LogP contribution in [0, 0.1) is 0 Å². The monoisotopic (exact) mass is 961 g/mol. The summed E-state index contributed by atoms with van der Waals surface area (Å²) in [6.45, 7) is 6.54. The molecule has 0 rings (SSSR count). The van der Waals surface area contributed by atoms with E-state index in [1.807, 2.05) is 0 Å². The van der Waals surface area contributed by atoms with E-state index in [9.17, 15) is 14.4 Å². The van der Waals surface area contributed by atoms with E-state index in [2.05, 4.69) is 106 Å². The Morgan fingerprint density at radius 3 is 0.899 bits per heavy atom. The largest absolute Gasteiger partial charge is 0.462 e. The predicted octanol–water partition coefficient (Wildman–Crippen LogP) is 19.5. The molecule has 0 saturated heterocycles. The molecule has 396 valence electrons. The normalized spacial score (nSPS) is 12.7. The molecule has 0 bridgehead atoms. The van der Waals surface area contributed by atoms with Crippen molar-refractivity contribution in [3.05, 3.63) is 85.1 Å². The van der Waals surface area contributed by atoms with Gasteiger partial charge < -0.3 is 14.2 Å². The fraction of sp³-hybridized carbons (Fsp3) is 0.730. The van der Waals surface area contributed by atoms with Gasteiger partial charge >= 0.3 is 17.9 Å². The molecule has 0 aromatic heterocycles. The molecule has 0 aromatic carbocycles. The smallest absolute Gasteiger partial charge is 0.306 e. The molecular formula is C63H108O6. The Morgan fingerprint density at radius 1 is 0.290 bits per heavy atom. The van der Waals surface area contributed by atoms with Crippen LogP contribution in [0.5, 0.6) is 0 Å². The Hall–Kier alpha value is -3.41. The van der Waals surface area contributed by atoms with Crippen LogP contribution in [0.1, 0.15) is 278 Å². The minimum Gasteiger partial charge on any atom is -0.462 e. The zero-order chi connectivity index (χ0) is 50.0. The summed E-state index contributed by atoms with van der Waals surface area (Å²) >= 11 is 0. The number of ether oxygens (including phenoxy) is 3. The number of carbonyl (C=O) groups is 3. The van der Waals surface area contributed by atoms with E-state index in [1.54, 1.807) is 0 Å². The first-order chi connectivity index (χ1) is 34.0. The van der Waals surface area contributed by atoms with Gasteiger partial charge in [0.15, 0.2) is 6.10 Å². The van der Waals surface area contributed by atoms with E-state index >= 15 is 0 Å². The lowest BCUT2D eigenvalue weighted by atomic mass is 10.1. The number of hydrogen-bond donors (Lipinski definition) is 0. The minimum absolute atomic E-state index is 0.0995. The van der Waals surface area contributed by atoms with Crippen LogP contribution < -0.4 is 0 Å². The summed E-state index contributed by atoms with van der Waals surface area (Å²) in [5.41, 5.74) is 0. The molecule has 0 fully saturated rings. The number of hydrogen-bond acceptors (Lipinski definition) is 6. The Morgan fingerprint density at radius 2 is 0.536 bits per heavy atom. The fourth-order valence-electron chi connectivity index (χ4n) is 7.93. The summed E-state index contributed by atoms with van der Waals surface area (Å²) in [5.74, 6) is -0.963. The first-order valence-electron chi connectivity index (χ1n) is 29.1. The van der Waals surface area contributed by atoms with Crippen LogP contribution in [-0.4, -0.2) is 37.2 Å². The minimum atomic E-state index is -0.805. The van der Waals surface area contributed by atoms with Crippen molar-refractivity contribution in [3.8, 4) is 0 Å². The molecule has 0 amide bonds. The van der Waals surface area contributed by atoms with Gasteiger partial charge in [0.2, 0.25) is 0 Å². The van der Waals surface area contributed by atoms with Crippen molar-refractivity contribution >= 4 is 17.9 Å². The maximum Gasteiger partial charge on any atom is 0.306 e.